The van der Waals surface area contributed by atoms with Crippen LogP contribution in [0.1, 0.15) is 16.9 Å². The summed E-state index contributed by atoms with van der Waals surface area (Å²) in [7, 11) is 1.45. The van der Waals surface area contributed by atoms with Gasteiger partial charge in [0.25, 0.3) is 5.91 Å². The molecule has 2 heterocycles. The Labute approximate surface area is 146 Å². The van der Waals surface area contributed by atoms with Gasteiger partial charge in [-0.3, -0.25) is 4.79 Å². The Morgan fingerprint density at radius 3 is 2.88 bits per heavy atom. The summed E-state index contributed by atoms with van der Waals surface area (Å²) in [4.78, 5) is 25.1. The first-order valence-corrected chi connectivity index (χ1v) is 7.73. The van der Waals surface area contributed by atoms with Gasteiger partial charge in [0.1, 0.15) is 11.7 Å². The molecule has 1 saturated heterocycles. The van der Waals surface area contributed by atoms with Crippen molar-refractivity contribution in [1.82, 2.24) is 19.9 Å². The van der Waals surface area contributed by atoms with Gasteiger partial charge in [0.05, 0.1) is 17.3 Å². The molecule has 0 aliphatic carbocycles. The third-order valence-electron chi connectivity index (χ3n) is 4.03. The lowest BCUT2D eigenvalue weighted by atomic mass is 10.2. The first kappa shape index (κ1) is 17.3. The van der Waals surface area contributed by atoms with E-state index in [1.54, 1.807) is 0 Å². The van der Waals surface area contributed by atoms with Crippen LogP contribution in [-0.4, -0.2) is 62.7 Å². The maximum Gasteiger partial charge on any atom is 0.326 e. The fourth-order valence-corrected chi connectivity index (χ4v) is 2.89. The van der Waals surface area contributed by atoms with Crippen LogP contribution in [0.15, 0.2) is 24.4 Å². The van der Waals surface area contributed by atoms with E-state index in [-0.39, 0.29) is 35.5 Å². The Morgan fingerprint density at radius 2 is 2.20 bits per heavy atom. The van der Waals surface area contributed by atoms with Gasteiger partial charge in [-0.25, -0.2) is 13.9 Å². The highest BCUT2D eigenvalue weighted by Gasteiger charge is 2.41. The standard InChI is InChI=1S/C15H14ClFN4O4/c1-25-8-5-12(15(23)24)20(6-8)14(22)10-7-21(19-18-10)11-4-2-3-9(16)13(11)17/h2-4,7-8,12H,5-6H2,1H3,(H,23,24). The SMILES string of the molecule is COC1CC(C(=O)O)N(C(=O)c2cn(-c3cccc(Cl)c3F)nn2)C1. The van der Waals surface area contributed by atoms with Crippen molar-refractivity contribution in [2.45, 2.75) is 18.6 Å². The smallest absolute Gasteiger partial charge is 0.326 e. The molecule has 25 heavy (non-hydrogen) atoms. The Hall–Kier alpha value is -2.52. The van der Waals surface area contributed by atoms with Crippen LogP contribution in [0.5, 0.6) is 0 Å². The molecule has 1 aromatic heterocycles. The lowest BCUT2D eigenvalue weighted by molar-refractivity contribution is -0.141. The first-order valence-electron chi connectivity index (χ1n) is 7.35. The zero-order chi connectivity index (χ0) is 18.1. The van der Waals surface area contributed by atoms with Gasteiger partial charge in [-0.05, 0) is 12.1 Å². The van der Waals surface area contributed by atoms with E-state index >= 15 is 0 Å². The number of likely N-dealkylation sites (tertiary alicyclic amines) is 1. The second-order valence-electron chi connectivity index (χ2n) is 5.53. The normalized spacial score (nSPS) is 20.0. The number of aromatic nitrogens is 3. The highest BCUT2D eigenvalue weighted by Crippen LogP contribution is 2.24. The van der Waals surface area contributed by atoms with Gasteiger partial charge in [-0.1, -0.05) is 22.9 Å². The molecule has 1 aliphatic rings. The number of methoxy groups -OCH3 is 1. The molecule has 1 amide bonds. The number of carboxylic acids is 1. The molecule has 1 aliphatic heterocycles. The first-order chi connectivity index (χ1) is 11.9. The van der Waals surface area contributed by atoms with Crippen LogP contribution >= 0.6 is 11.6 Å². The highest BCUT2D eigenvalue weighted by molar-refractivity contribution is 6.30. The monoisotopic (exact) mass is 368 g/mol. The Morgan fingerprint density at radius 1 is 1.44 bits per heavy atom. The van der Waals surface area contributed by atoms with Gasteiger partial charge in [-0.15, -0.1) is 5.10 Å². The van der Waals surface area contributed by atoms with Crippen LogP contribution in [0.2, 0.25) is 5.02 Å². The average Bonchev–Trinajstić information content (AvgIpc) is 3.23. The zero-order valence-electron chi connectivity index (χ0n) is 13.1. The van der Waals surface area contributed by atoms with Crippen molar-refractivity contribution in [2.24, 2.45) is 0 Å². The molecule has 3 rings (SSSR count). The third kappa shape index (κ3) is 3.20. The lowest BCUT2D eigenvalue weighted by Gasteiger charge is -2.19. The molecule has 0 spiro atoms. The van der Waals surface area contributed by atoms with E-state index in [1.165, 1.54) is 36.4 Å². The highest BCUT2D eigenvalue weighted by atomic mass is 35.5. The van der Waals surface area contributed by atoms with Crippen LogP contribution in [0.25, 0.3) is 5.69 Å². The van der Waals surface area contributed by atoms with Gasteiger partial charge in [0.2, 0.25) is 0 Å². The summed E-state index contributed by atoms with van der Waals surface area (Å²) in [6.07, 6.45) is 1.05. The Bertz CT molecular complexity index is 828. The van der Waals surface area contributed by atoms with Crippen LogP contribution < -0.4 is 0 Å². The molecule has 1 fully saturated rings. The number of rotatable bonds is 4. The van der Waals surface area contributed by atoms with Crippen LogP contribution in [0, 0.1) is 5.82 Å². The average molecular weight is 369 g/mol. The van der Waals surface area contributed by atoms with Crippen LogP contribution in [0.4, 0.5) is 4.39 Å². The van der Waals surface area contributed by atoms with Crippen molar-refractivity contribution in [3.05, 3.63) is 40.9 Å². The van der Waals surface area contributed by atoms with Gasteiger partial charge >= 0.3 is 5.97 Å². The molecule has 1 aromatic carbocycles. The summed E-state index contributed by atoms with van der Waals surface area (Å²) in [5, 5.41) is 16.7. The van der Waals surface area contributed by atoms with Crippen molar-refractivity contribution in [3.63, 3.8) is 0 Å². The number of benzene rings is 1. The fourth-order valence-electron chi connectivity index (χ4n) is 2.72. The molecule has 2 atom stereocenters. The molecule has 132 valence electrons. The van der Waals surface area contributed by atoms with E-state index in [0.717, 1.165) is 4.68 Å². The molecule has 8 nitrogen and oxygen atoms in total. The minimum atomic E-state index is -1.12. The lowest BCUT2D eigenvalue weighted by Crippen LogP contribution is -2.40. The number of halogens is 2. The van der Waals surface area contributed by atoms with E-state index in [1.807, 2.05) is 0 Å². The number of aliphatic carboxylic acids is 1. The predicted octanol–water partition coefficient (Wildman–Crippen LogP) is 1.37. The van der Waals surface area contributed by atoms with Crippen LogP contribution in [0.3, 0.4) is 0 Å². The van der Waals surface area contributed by atoms with Crippen molar-refractivity contribution in [1.29, 1.82) is 0 Å². The van der Waals surface area contributed by atoms with Gasteiger partial charge in [0.15, 0.2) is 11.5 Å². The minimum Gasteiger partial charge on any atom is -0.480 e. The maximum atomic E-state index is 14.1. The minimum absolute atomic E-state index is 0.0324. The Kier molecular flexibility index (Phi) is 4.69. The van der Waals surface area contributed by atoms with Crippen molar-refractivity contribution < 1.29 is 23.8 Å². The quantitative estimate of drug-likeness (QED) is 0.875. The van der Waals surface area contributed by atoms with E-state index in [0.29, 0.717) is 0 Å². The number of carbonyl (C=O) groups excluding carboxylic acids is 1. The Balaban J connectivity index is 1.88. The molecule has 0 saturated carbocycles. The fraction of sp³-hybridized carbons (Fsp3) is 0.333. The summed E-state index contributed by atoms with van der Waals surface area (Å²) < 4.78 is 20.3. The number of hydrogen-bond donors (Lipinski definition) is 1. The van der Waals surface area contributed by atoms with Crippen molar-refractivity contribution >= 4 is 23.5 Å². The van der Waals surface area contributed by atoms with Gasteiger partial charge in [-0.2, -0.15) is 0 Å². The predicted molar refractivity (Wildman–Crippen MR) is 84.2 cm³/mol. The number of carbonyl (C=O) groups is 2. The third-order valence-corrected chi connectivity index (χ3v) is 4.32. The topological polar surface area (TPSA) is 97.6 Å². The molecular formula is C15H14ClFN4O4. The van der Waals surface area contributed by atoms with Crippen molar-refractivity contribution in [2.75, 3.05) is 13.7 Å². The number of hydrogen-bond acceptors (Lipinski definition) is 5. The summed E-state index contributed by atoms with van der Waals surface area (Å²) in [6, 6.07) is 3.34. The summed E-state index contributed by atoms with van der Waals surface area (Å²) >= 11 is 5.73. The zero-order valence-corrected chi connectivity index (χ0v) is 13.9. The molecule has 10 heteroatoms. The van der Waals surface area contributed by atoms with Gasteiger partial charge < -0.3 is 14.7 Å². The summed E-state index contributed by atoms with van der Waals surface area (Å²) in [6.45, 7) is 0.130. The van der Waals surface area contributed by atoms with E-state index < -0.39 is 23.7 Å². The molecule has 2 unspecified atom stereocenters. The molecule has 0 radical (unpaired) electrons. The van der Waals surface area contributed by atoms with Crippen LogP contribution in [-0.2, 0) is 9.53 Å². The second-order valence-corrected chi connectivity index (χ2v) is 5.93. The van der Waals surface area contributed by atoms with Gasteiger partial charge in [0, 0.05) is 20.1 Å². The molecule has 0 bridgehead atoms. The maximum absolute atomic E-state index is 14.1. The largest absolute Gasteiger partial charge is 0.480 e. The number of amides is 1. The number of nitrogens with zero attached hydrogens (tertiary/aromatic N) is 4. The summed E-state index contributed by atoms with van der Waals surface area (Å²) in [5.41, 5.74) is -0.0626. The molecular weight excluding hydrogens is 355 g/mol. The molecule has 1 N–H and O–H groups in total. The van der Waals surface area contributed by atoms with E-state index in [4.69, 9.17) is 16.3 Å². The number of ether oxygens (including phenoxy) is 1. The van der Waals surface area contributed by atoms with E-state index in [9.17, 15) is 19.1 Å². The second kappa shape index (κ2) is 6.77. The number of carboxylic acid groups (broad SMARTS) is 1. The summed E-state index contributed by atoms with van der Waals surface area (Å²) in [5.74, 6) is -2.43. The molecule has 2 aromatic rings. The van der Waals surface area contributed by atoms with Crippen molar-refractivity contribution in [3.8, 4) is 5.69 Å². The van der Waals surface area contributed by atoms with E-state index in [2.05, 4.69) is 10.3 Å².